The summed E-state index contributed by atoms with van der Waals surface area (Å²) >= 11 is 0. The highest BCUT2D eigenvalue weighted by atomic mass is 31.3. The molecule has 0 aromatic heterocycles. The first kappa shape index (κ1) is 18.6. The minimum Gasteiger partial charge on any atom is -0.302 e. The molecule has 16 heavy (non-hydrogen) atoms. The van der Waals surface area contributed by atoms with Gasteiger partial charge in [0.2, 0.25) is 0 Å². The van der Waals surface area contributed by atoms with Crippen molar-refractivity contribution in [1.82, 2.24) is 0 Å². The van der Waals surface area contributed by atoms with Crippen LogP contribution < -0.4 is 0 Å². The largest absolute Gasteiger partial charge is 0.478 e. The van der Waals surface area contributed by atoms with E-state index in [0.717, 1.165) is 0 Å². The van der Waals surface area contributed by atoms with E-state index in [4.69, 9.17) is 19.6 Å². The van der Waals surface area contributed by atoms with E-state index in [1.54, 1.807) is 0 Å². The highest BCUT2D eigenvalue weighted by Crippen LogP contribution is 2.53. The Morgan fingerprint density at radius 3 is 1.25 bits per heavy atom. The summed E-state index contributed by atoms with van der Waals surface area (Å²) in [5.41, 5.74) is 0. The SMILES string of the molecule is CCCCCCC.O=P(O)(O)OP(=O)(O)O. The van der Waals surface area contributed by atoms with Crippen molar-refractivity contribution >= 4 is 15.6 Å². The minimum absolute atomic E-state index is 1.36. The van der Waals surface area contributed by atoms with Crippen LogP contribution in [0.25, 0.3) is 0 Å². The third-order valence-corrected chi connectivity index (χ3v) is 3.12. The molecule has 0 heterocycles. The molecule has 0 aliphatic rings. The van der Waals surface area contributed by atoms with E-state index in [1.807, 2.05) is 0 Å². The molecule has 4 N–H and O–H groups in total. The summed E-state index contributed by atoms with van der Waals surface area (Å²) in [6, 6.07) is 0. The van der Waals surface area contributed by atoms with Crippen LogP contribution in [0.4, 0.5) is 0 Å². The number of rotatable bonds is 6. The van der Waals surface area contributed by atoms with Crippen LogP contribution in [0, 0.1) is 0 Å². The van der Waals surface area contributed by atoms with Crippen molar-refractivity contribution in [3.63, 3.8) is 0 Å². The molecule has 0 atom stereocenters. The molecule has 0 unspecified atom stereocenters. The first-order chi connectivity index (χ1) is 7.12. The molecular weight excluding hydrogens is 258 g/mol. The van der Waals surface area contributed by atoms with Gasteiger partial charge in [-0.05, 0) is 0 Å². The average molecular weight is 278 g/mol. The van der Waals surface area contributed by atoms with Crippen LogP contribution in [-0.2, 0) is 13.4 Å². The molecule has 0 aromatic rings. The number of unbranched alkanes of at least 4 members (excludes halogenated alkanes) is 4. The summed E-state index contributed by atoms with van der Waals surface area (Å²) in [6.45, 7) is 4.49. The molecule has 0 rings (SSSR count). The Labute approximate surface area is 95.3 Å². The third-order valence-electron chi connectivity index (χ3n) is 1.42. The maximum absolute atomic E-state index is 9.63. The lowest BCUT2D eigenvalue weighted by Crippen LogP contribution is -1.84. The molecule has 100 valence electrons. The molecular formula is C7H20O7P2. The molecule has 0 saturated carbocycles. The van der Waals surface area contributed by atoms with E-state index in [1.165, 1.54) is 32.1 Å². The zero-order valence-electron chi connectivity index (χ0n) is 9.44. The molecule has 0 amide bonds. The summed E-state index contributed by atoms with van der Waals surface area (Å²) in [5, 5.41) is 0. The normalized spacial score (nSPS) is 11.9. The lowest BCUT2D eigenvalue weighted by atomic mass is 10.2. The zero-order chi connectivity index (χ0) is 13.2. The van der Waals surface area contributed by atoms with Gasteiger partial charge in [-0.1, -0.05) is 46.0 Å². The van der Waals surface area contributed by atoms with Crippen molar-refractivity contribution in [2.45, 2.75) is 46.0 Å². The fourth-order valence-corrected chi connectivity index (χ4v) is 1.92. The third kappa shape index (κ3) is 23.8. The predicted octanol–water partition coefficient (Wildman–Crippen LogP) is 2.17. The van der Waals surface area contributed by atoms with Gasteiger partial charge < -0.3 is 19.6 Å². The highest BCUT2D eigenvalue weighted by Gasteiger charge is 2.27. The van der Waals surface area contributed by atoms with Gasteiger partial charge in [0, 0.05) is 0 Å². The van der Waals surface area contributed by atoms with Crippen molar-refractivity contribution in [2.75, 3.05) is 0 Å². The Bertz CT molecular complexity index is 219. The lowest BCUT2D eigenvalue weighted by molar-refractivity contribution is 0.225. The molecule has 0 aromatic carbocycles. The van der Waals surface area contributed by atoms with E-state index in [2.05, 4.69) is 18.2 Å². The summed E-state index contributed by atoms with van der Waals surface area (Å²) in [4.78, 5) is 31.0. The highest BCUT2D eigenvalue weighted by molar-refractivity contribution is 7.60. The Hall–Kier alpha value is 0.260. The Morgan fingerprint density at radius 1 is 0.812 bits per heavy atom. The van der Waals surface area contributed by atoms with Crippen LogP contribution in [0.1, 0.15) is 46.0 Å². The quantitative estimate of drug-likeness (QED) is 0.433. The van der Waals surface area contributed by atoms with Crippen molar-refractivity contribution in [3.8, 4) is 0 Å². The summed E-state index contributed by atoms with van der Waals surface area (Å²) in [6.07, 6.45) is 7.01. The van der Waals surface area contributed by atoms with Gasteiger partial charge in [-0.15, -0.1) is 0 Å². The maximum Gasteiger partial charge on any atom is 0.478 e. The Balaban J connectivity index is 0. The smallest absolute Gasteiger partial charge is 0.302 e. The minimum atomic E-state index is -5.05. The van der Waals surface area contributed by atoms with Gasteiger partial charge in [-0.25, -0.2) is 9.13 Å². The van der Waals surface area contributed by atoms with Crippen molar-refractivity contribution < 1.29 is 33.0 Å². The summed E-state index contributed by atoms with van der Waals surface area (Å²) in [7, 11) is -10.1. The van der Waals surface area contributed by atoms with E-state index >= 15 is 0 Å². The number of hydrogen-bond donors (Lipinski definition) is 4. The average Bonchev–Trinajstić information content (AvgIpc) is 1.99. The molecule has 0 aliphatic heterocycles. The fraction of sp³-hybridized carbons (Fsp3) is 1.00. The first-order valence-corrected chi connectivity index (χ1v) is 8.01. The second-order valence-electron chi connectivity index (χ2n) is 3.12. The second-order valence-corrected chi connectivity index (χ2v) is 5.74. The Morgan fingerprint density at radius 2 is 1.12 bits per heavy atom. The van der Waals surface area contributed by atoms with E-state index in [0.29, 0.717) is 0 Å². The van der Waals surface area contributed by atoms with Crippen LogP contribution in [-0.4, -0.2) is 19.6 Å². The van der Waals surface area contributed by atoms with E-state index < -0.39 is 15.6 Å². The molecule has 0 fully saturated rings. The van der Waals surface area contributed by atoms with Gasteiger partial charge >= 0.3 is 15.6 Å². The summed E-state index contributed by atoms with van der Waals surface area (Å²) < 4.78 is 22.2. The monoisotopic (exact) mass is 278 g/mol. The maximum atomic E-state index is 9.63. The fourth-order valence-electron chi connectivity index (χ4n) is 0.815. The van der Waals surface area contributed by atoms with Crippen LogP contribution in [0.3, 0.4) is 0 Å². The van der Waals surface area contributed by atoms with Gasteiger partial charge in [0.1, 0.15) is 0 Å². The van der Waals surface area contributed by atoms with Crippen LogP contribution in [0.5, 0.6) is 0 Å². The number of hydrogen-bond acceptors (Lipinski definition) is 3. The van der Waals surface area contributed by atoms with Gasteiger partial charge in [0.25, 0.3) is 0 Å². The van der Waals surface area contributed by atoms with Crippen LogP contribution in [0.2, 0.25) is 0 Å². The standard InChI is InChI=1S/C7H16.H4O7P2/c1-3-5-7-6-4-2;1-8(2,3)7-9(4,5)6/h3-7H2,1-2H3;(H2,1,2,3)(H2,4,5,6). The zero-order valence-corrected chi connectivity index (χ0v) is 11.2. The van der Waals surface area contributed by atoms with Gasteiger partial charge in [0.05, 0.1) is 0 Å². The predicted molar refractivity (Wildman–Crippen MR) is 59.6 cm³/mol. The second kappa shape index (κ2) is 9.31. The molecule has 0 bridgehead atoms. The summed E-state index contributed by atoms with van der Waals surface area (Å²) in [5.74, 6) is 0. The molecule has 0 radical (unpaired) electrons. The lowest BCUT2D eigenvalue weighted by Gasteiger charge is -2.03. The van der Waals surface area contributed by atoms with Crippen molar-refractivity contribution in [1.29, 1.82) is 0 Å². The van der Waals surface area contributed by atoms with E-state index in [9.17, 15) is 9.13 Å². The topological polar surface area (TPSA) is 124 Å². The number of phosphoric acid groups is 2. The Kier molecular flexibility index (Phi) is 10.8. The van der Waals surface area contributed by atoms with Gasteiger partial charge in [0.15, 0.2) is 0 Å². The molecule has 0 saturated heterocycles. The van der Waals surface area contributed by atoms with Crippen LogP contribution >= 0.6 is 15.6 Å². The van der Waals surface area contributed by atoms with E-state index in [-0.39, 0.29) is 0 Å². The van der Waals surface area contributed by atoms with Crippen LogP contribution in [0.15, 0.2) is 0 Å². The van der Waals surface area contributed by atoms with Crippen molar-refractivity contribution in [2.24, 2.45) is 0 Å². The molecule has 0 spiro atoms. The molecule has 7 nitrogen and oxygen atoms in total. The molecule has 9 heteroatoms. The first-order valence-electron chi connectivity index (χ1n) is 4.94. The molecule has 0 aliphatic carbocycles. The van der Waals surface area contributed by atoms with Gasteiger partial charge in [-0.3, -0.25) is 0 Å². The van der Waals surface area contributed by atoms with Gasteiger partial charge in [-0.2, -0.15) is 4.31 Å². The van der Waals surface area contributed by atoms with Crippen molar-refractivity contribution in [3.05, 3.63) is 0 Å².